The smallest absolute Gasteiger partial charge is 0.397 e. The Bertz CT molecular complexity index is 1420. The Kier molecular flexibility index (Phi) is 7.95. The highest BCUT2D eigenvalue weighted by atomic mass is 32.2. The van der Waals surface area contributed by atoms with E-state index in [1.807, 2.05) is 36.4 Å². The van der Waals surface area contributed by atoms with Crippen molar-refractivity contribution in [3.63, 3.8) is 0 Å². The topological polar surface area (TPSA) is 77.7 Å². The van der Waals surface area contributed by atoms with Crippen LogP contribution >= 0.6 is 12.0 Å². The monoisotopic (exact) mass is 526 g/mol. The van der Waals surface area contributed by atoms with Gasteiger partial charge in [0, 0.05) is 34.4 Å². The summed E-state index contributed by atoms with van der Waals surface area (Å²) in [5.41, 5.74) is 1.56. The van der Waals surface area contributed by atoms with Crippen molar-refractivity contribution in [2.45, 2.75) is 11.1 Å². The number of benzene rings is 3. The molecule has 0 saturated carbocycles. The molecule has 0 aliphatic heterocycles. The number of alkyl halides is 3. The fourth-order valence-corrected chi connectivity index (χ4v) is 4.24. The lowest BCUT2D eigenvalue weighted by molar-refractivity contribution is -0.137. The highest BCUT2D eigenvalue weighted by Crippen LogP contribution is 2.37. The van der Waals surface area contributed by atoms with Crippen molar-refractivity contribution in [3.8, 4) is 28.2 Å². The first-order valence-corrected chi connectivity index (χ1v) is 11.6. The van der Waals surface area contributed by atoms with Crippen LogP contribution in [0.2, 0.25) is 0 Å². The number of aromatic nitrogens is 2. The molecule has 0 unspecified atom stereocenters. The predicted octanol–water partition coefficient (Wildman–Crippen LogP) is 5.93. The molecular formula is C26H21F3N4O3S. The van der Waals surface area contributed by atoms with Crippen LogP contribution in [0.4, 0.5) is 13.2 Å². The maximum absolute atomic E-state index is 13.9. The van der Waals surface area contributed by atoms with Gasteiger partial charge in [-0.25, -0.2) is 4.98 Å². The van der Waals surface area contributed by atoms with Gasteiger partial charge < -0.3 is 14.3 Å². The Balaban J connectivity index is 1.84. The SMILES string of the molecule is CO/N=C(\NC=O)c1cn(-c2ccc(-c3cccc(SOC)c3)cc2)c(-c2ccccc2C(F)(F)F)n1. The molecule has 0 spiro atoms. The van der Waals surface area contributed by atoms with Gasteiger partial charge in [-0.2, -0.15) is 13.2 Å². The Labute approximate surface area is 215 Å². The normalized spacial score (nSPS) is 11.9. The van der Waals surface area contributed by atoms with Crippen molar-refractivity contribution in [3.05, 3.63) is 90.3 Å². The highest BCUT2D eigenvalue weighted by molar-refractivity contribution is 7.94. The number of rotatable bonds is 8. The summed E-state index contributed by atoms with van der Waals surface area (Å²) < 4.78 is 48.2. The summed E-state index contributed by atoms with van der Waals surface area (Å²) >= 11 is 1.24. The Hall–Kier alpha value is -4.09. The van der Waals surface area contributed by atoms with Gasteiger partial charge >= 0.3 is 6.18 Å². The van der Waals surface area contributed by atoms with Crippen LogP contribution < -0.4 is 5.32 Å². The summed E-state index contributed by atoms with van der Waals surface area (Å²) in [7, 11) is 2.87. The summed E-state index contributed by atoms with van der Waals surface area (Å²) in [6.07, 6.45) is -2.74. The Morgan fingerprint density at radius 2 is 1.78 bits per heavy atom. The van der Waals surface area contributed by atoms with E-state index in [2.05, 4.69) is 15.5 Å². The van der Waals surface area contributed by atoms with Gasteiger partial charge in [0.05, 0.1) is 12.7 Å². The molecule has 0 atom stereocenters. The standard InChI is InChI=1S/C26H21F3N4O3S/c1-35-32-24(30-16-34)23-15-33(25(31-23)21-8-3-4-9-22(21)26(27,28)29)19-12-10-17(11-13-19)18-6-5-7-20(14-18)37-36-2/h3-16H,1-2H3,(H,30,32,34). The zero-order valence-electron chi connectivity index (χ0n) is 19.7. The van der Waals surface area contributed by atoms with E-state index in [0.717, 1.165) is 22.1 Å². The number of nitrogens with zero attached hydrogens (tertiary/aromatic N) is 3. The molecular weight excluding hydrogens is 505 g/mol. The molecule has 3 aromatic carbocycles. The van der Waals surface area contributed by atoms with Gasteiger partial charge in [0.25, 0.3) is 0 Å². The first-order valence-electron chi connectivity index (χ1n) is 10.8. The van der Waals surface area contributed by atoms with E-state index in [9.17, 15) is 18.0 Å². The van der Waals surface area contributed by atoms with Crippen molar-refractivity contribution in [2.75, 3.05) is 14.2 Å². The van der Waals surface area contributed by atoms with Gasteiger partial charge in [-0.3, -0.25) is 9.36 Å². The largest absolute Gasteiger partial charge is 0.417 e. The quantitative estimate of drug-likeness (QED) is 0.101. The first-order chi connectivity index (χ1) is 17.9. The molecule has 7 nitrogen and oxygen atoms in total. The summed E-state index contributed by atoms with van der Waals surface area (Å²) in [6, 6.07) is 20.2. The molecule has 11 heteroatoms. The average molecular weight is 527 g/mol. The van der Waals surface area contributed by atoms with Gasteiger partial charge in [-0.05, 0) is 41.5 Å². The van der Waals surface area contributed by atoms with Crippen LogP contribution in [-0.2, 0) is 20.0 Å². The summed E-state index contributed by atoms with van der Waals surface area (Å²) in [6.45, 7) is 0. The van der Waals surface area contributed by atoms with Crippen molar-refractivity contribution in [1.29, 1.82) is 0 Å². The molecule has 1 aromatic heterocycles. The van der Waals surface area contributed by atoms with E-state index in [4.69, 9.17) is 9.02 Å². The molecule has 1 heterocycles. The molecule has 0 saturated heterocycles. The van der Waals surface area contributed by atoms with Crippen LogP contribution in [0, 0.1) is 0 Å². The van der Waals surface area contributed by atoms with Gasteiger partial charge in [-0.15, -0.1) is 0 Å². The van der Waals surface area contributed by atoms with Crippen molar-refractivity contribution in [2.24, 2.45) is 5.16 Å². The number of hydrogen-bond donors (Lipinski definition) is 1. The summed E-state index contributed by atoms with van der Waals surface area (Å²) in [5, 5.41) is 6.11. The van der Waals surface area contributed by atoms with Crippen LogP contribution in [0.1, 0.15) is 11.3 Å². The van der Waals surface area contributed by atoms with Crippen molar-refractivity contribution < 1.29 is 27.0 Å². The van der Waals surface area contributed by atoms with Crippen molar-refractivity contribution >= 4 is 24.3 Å². The molecule has 0 fully saturated rings. The maximum Gasteiger partial charge on any atom is 0.417 e. The second kappa shape index (κ2) is 11.3. The number of amides is 1. The number of nitrogens with one attached hydrogen (secondary N) is 1. The number of hydrogen-bond acceptors (Lipinski definition) is 6. The van der Waals surface area contributed by atoms with Gasteiger partial charge in [0.2, 0.25) is 6.41 Å². The molecule has 0 aliphatic carbocycles. The lowest BCUT2D eigenvalue weighted by Gasteiger charge is -2.14. The minimum absolute atomic E-state index is 0.0191. The van der Waals surface area contributed by atoms with E-state index in [0.29, 0.717) is 12.1 Å². The maximum atomic E-state index is 13.9. The lowest BCUT2D eigenvalue weighted by Crippen LogP contribution is -2.23. The summed E-state index contributed by atoms with van der Waals surface area (Å²) in [5.74, 6) is -0.0308. The first kappa shape index (κ1) is 26.0. The molecule has 190 valence electrons. The second-order valence-electron chi connectivity index (χ2n) is 7.57. The van der Waals surface area contributed by atoms with Crippen LogP contribution in [0.15, 0.2) is 89.0 Å². The average Bonchev–Trinajstić information content (AvgIpc) is 3.34. The Morgan fingerprint density at radius 3 is 2.46 bits per heavy atom. The molecule has 0 aliphatic rings. The van der Waals surface area contributed by atoms with Gasteiger partial charge in [-0.1, -0.05) is 47.6 Å². The molecule has 4 rings (SSSR count). The molecule has 0 radical (unpaired) electrons. The van der Waals surface area contributed by atoms with Crippen LogP contribution in [0.5, 0.6) is 0 Å². The third-order valence-electron chi connectivity index (χ3n) is 5.29. The Morgan fingerprint density at radius 1 is 1.03 bits per heavy atom. The highest BCUT2D eigenvalue weighted by Gasteiger charge is 2.35. The van der Waals surface area contributed by atoms with E-state index in [1.54, 1.807) is 19.2 Å². The zero-order chi connectivity index (χ0) is 26.4. The third-order valence-corrected chi connectivity index (χ3v) is 5.91. The second-order valence-corrected chi connectivity index (χ2v) is 8.54. The minimum atomic E-state index is -4.60. The number of carbonyl (C=O) groups excluding carboxylic acids is 1. The van der Waals surface area contributed by atoms with E-state index < -0.39 is 11.7 Å². The summed E-state index contributed by atoms with van der Waals surface area (Å²) in [4.78, 5) is 21.2. The van der Waals surface area contributed by atoms with E-state index in [1.165, 1.54) is 48.1 Å². The van der Waals surface area contributed by atoms with Crippen molar-refractivity contribution in [1.82, 2.24) is 14.9 Å². The third kappa shape index (κ3) is 5.84. The molecule has 4 aromatic rings. The molecule has 1 N–H and O–H groups in total. The number of halogens is 3. The van der Waals surface area contributed by atoms with Crippen LogP contribution in [0.25, 0.3) is 28.2 Å². The van der Waals surface area contributed by atoms with Gasteiger partial charge in [0.1, 0.15) is 18.6 Å². The van der Waals surface area contributed by atoms with E-state index in [-0.39, 0.29) is 22.9 Å². The van der Waals surface area contributed by atoms with Crippen LogP contribution in [-0.4, -0.2) is 36.0 Å². The number of amidine groups is 1. The fraction of sp³-hybridized carbons (Fsp3) is 0.115. The number of carbonyl (C=O) groups is 1. The lowest BCUT2D eigenvalue weighted by atomic mass is 10.0. The zero-order valence-corrected chi connectivity index (χ0v) is 20.5. The predicted molar refractivity (Wildman–Crippen MR) is 135 cm³/mol. The number of oxime groups is 1. The fourth-order valence-electron chi connectivity index (χ4n) is 3.74. The molecule has 37 heavy (non-hydrogen) atoms. The minimum Gasteiger partial charge on any atom is -0.397 e. The van der Waals surface area contributed by atoms with Crippen LogP contribution in [0.3, 0.4) is 0 Å². The van der Waals surface area contributed by atoms with E-state index >= 15 is 0 Å². The molecule has 1 amide bonds. The van der Waals surface area contributed by atoms with Gasteiger partial charge in [0.15, 0.2) is 5.84 Å². The molecule has 0 bridgehead atoms. The number of imidazole rings is 1.